The predicted molar refractivity (Wildman–Crippen MR) is 113 cm³/mol. The highest BCUT2D eigenvalue weighted by atomic mass is 16.5. The molecule has 0 aromatic heterocycles. The molecule has 30 heavy (non-hydrogen) atoms. The van der Waals surface area contributed by atoms with Gasteiger partial charge in [-0.15, -0.1) is 0 Å². The Kier molecular flexibility index (Phi) is 8.10. The maximum atomic E-state index is 12.2. The van der Waals surface area contributed by atoms with Crippen molar-refractivity contribution in [2.45, 2.75) is 20.3 Å². The molecule has 2 N–H and O–H groups in total. The first kappa shape index (κ1) is 22.6. The monoisotopic (exact) mass is 411 g/mol. The molecule has 2 rings (SSSR count). The van der Waals surface area contributed by atoms with Gasteiger partial charge in [-0.05, 0) is 42.3 Å². The SMILES string of the molecule is CCc1ccccc1NC(=O)CN(C)C(=O)COC(=O)c1ccc(NC(C)=O)cc1. The Morgan fingerprint density at radius 1 is 0.967 bits per heavy atom. The topological polar surface area (TPSA) is 105 Å². The number of ether oxygens (including phenoxy) is 1. The summed E-state index contributed by atoms with van der Waals surface area (Å²) in [5.74, 6) is -1.74. The van der Waals surface area contributed by atoms with Crippen molar-refractivity contribution in [2.75, 3.05) is 30.8 Å². The number of hydrogen-bond acceptors (Lipinski definition) is 5. The first-order valence-corrected chi connectivity index (χ1v) is 9.46. The highest BCUT2D eigenvalue weighted by Crippen LogP contribution is 2.15. The highest BCUT2D eigenvalue weighted by molar-refractivity contribution is 5.96. The summed E-state index contributed by atoms with van der Waals surface area (Å²) in [4.78, 5) is 48.7. The number of anilines is 2. The Morgan fingerprint density at radius 2 is 1.63 bits per heavy atom. The third-order valence-corrected chi connectivity index (χ3v) is 4.25. The van der Waals surface area contributed by atoms with Crippen molar-refractivity contribution in [2.24, 2.45) is 0 Å². The fourth-order valence-electron chi connectivity index (χ4n) is 2.66. The molecule has 0 aliphatic heterocycles. The van der Waals surface area contributed by atoms with E-state index in [9.17, 15) is 19.2 Å². The molecule has 2 aromatic carbocycles. The Morgan fingerprint density at radius 3 is 2.27 bits per heavy atom. The number of carbonyl (C=O) groups is 4. The third-order valence-electron chi connectivity index (χ3n) is 4.25. The molecular weight excluding hydrogens is 386 g/mol. The number of benzene rings is 2. The Balaban J connectivity index is 1.82. The van der Waals surface area contributed by atoms with Crippen LogP contribution in [0.15, 0.2) is 48.5 Å². The Bertz CT molecular complexity index is 925. The highest BCUT2D eigenvalue weighted by Gasteiger charge is 2.16. The minimum Gasteiger partial charge on any atom is -0.452 e. The summed E-state index contributed by atoms with van der Waals surface area (Å²) < 4.78 is 5.02. The van der Waals surface area contributed by atoms with Crippen LogP contribution in [0.3, 0.4) is 0 Å². The number of esters is 1. The summed E-state index contributed by atoms with van der Waals surface area (Å²) in [6.07, 6.45) is 0.771. The van der Waals surface area contributed by atoms with Crippen LogP contribution >= 0.6 is 0 Å². The first-order valence-electron chi connectivity index (χ1n) is 9.46. The standard InChI is InChI=1S/C22H25N3O5/c1-4-16-7-5-6-8-19(16)24-20(27)13-25(3)21(28)14-30-22(29)17-9-11-18(12-10-17)23-15(2)26/h5-12H,4,13-14H2,1-3H3,(H,23,26)(H,24,27). The third kappa shape index (κ3) is 6.73. The van der Waals surface area contributed by atoms with Crippen LogP contribution in [0.4, 0.5) is 11.4 Å². The average molecular weight is 411 g/mol. The summed E-state index contributed by atoms with van der Waals surface area (Å²) in [5, 5.41) is 5.38. The number of rotatable bonds is 8. The largest absolute Gasteiger partial charge is 0.452 e. The maximum Gasteiger partial charge on any atom is 0.338 e. The van der Waals surface area contributed by atoms with Crippen molar-refractivity contribution in [1.29, 1.82) is 0 Å². The predicted octanol–water partition coefficient (Wildman–Crippen LogP) is 2.46. The van der Waals surface area contributed by atoms with Crippen molar-refractivity contribution < 1.29 is 23.9 Å². The van der Waals surface area contributed by atoms with Gasteiger partial charge in [-0.2, -0.15) is 0 Å². The van der Waals surface area contributed by atoms with Gasteiger partial charge in [-0.3, -0.25) is 14.4 Å². The van der Waals surface area contributed by atoms with Crippen molar-refractivity contribution >= 4 is 35.1 Å². The number of para-hydroxylation sites is 1. The zero-order valence-electron chi connectivity index (χ0n) is 17.2. The van der Waals surface area contributed by atoms with Crippen LogP contribution in [0.1, 0.15) is 29.8 Å². The van der Waals surface area contributed by atoms with Gasteiger partial charge in [0, 0.05) is 25.3 Å². The van der Waals surface area contributed by atoms with Crippen LogP contribution in [0.5, 0.6) is 0 Å². The van der Waals surface area contributed by atoms with Crippen molar-refractivity contribution in [3.05, 3.63) is 59.7 Å². The maximum absolute atomic E-state index is 12.2. The second kappa shape index (κ2) is 10.8. The number of carbonyl (C=O) groups excluding carboxylic acids is 4. The average Bonchev–Trinajstić information content (AvgIpc) is 2.72. The van der Waals surface area contributed by atoms with Gasteiger partial charge in [0.05, 0.1) is 12.1 Å². The van der Waals surface area contributed by atoms with E-state index in [0.29, 0.717) is 11.4 Å². The number of amides is 3. The van der Waals surface area contributed by atoms with Crippen LogP contribution in [-0.2, 0) is 25.5 Å². The van der Waals surface area contributed by atoms with E-state index in [1.807, 2.05) is 25.1 Å². The molecule has 2 aromatic rings. The molecule has 0 unspecified atom stereocenters. The molecule has 0 saturated heterocycles. The molecule has 0 aliphatic rings. The summed E-state index contributed by atoms with van der Waals surface area (Å²) in [7, 11) is 1.46. The van der Waals surface area contributed by atoms with Gasteiger partial charge < -0.3 is 20.3 Å². The zero-order valence-corrected chi connectivity index (χ0v) is 17.2. The molecule has 8 heteroatoms. The molecule has 0 heterocycles. The van der Waals surface area contributed by atoms with Gasteiger partial charge in [-0.25, -0.2) is 4.79 Å². The second-order valence-electron chi connectivity index (χ2n) is 6.64. The molecule has 0 bridgehead atoms. The number of hydrogen-bond donors (Lipinski definition) is 2. The van der Waals surface area contributed by atoms with E-state index in [0.717, 1.165) is 12.0 Å². The molecule has 0 spiro atoms. The molecule has 3 amide bonds. The van der Waals surface area contributed by atoms with E-state index in [4.69, 9.17) is 4.74 Å². The van der Waals surface area contributed by atoms with Crippen LogP contribution in [-0.4, -0.2) is 48.8 Å². The van der Waals surface area contributed by atoms with E-state index in [-0.39, 0.29) is 23.9 Å². The normalized spacial score (nSPS) is 10.1. The summed E-state index contributed by atoms with van der Waals surface area (Å²) in [6, 6.07) is 13.5. The molecule has 8 nitrogen and oxygen atoms in total. The smallest absolute Gasteiger partial charge is 0.338 e. The lowest BCUT2D eigenvalue weighted by atomic mass is 10.1. The molecular formula is C22H25N3O5. The van der Waals surface area contributed by atoms with Gasteiger partial charge in [0.2, 0.25) is 11.8 Å². The minimum atomic E-state index is -0.674. The van der Waals surface area contributed by atoms with Crippen molar-refractivity contribution in [3.63, 3.8) is 0 Å². The lowest BCUT2D eigenvalue weighted by Crippen LogP contribution is -2.37. The van der Waals surface area contributed by atoms with Gasteiger partial charge in [0.1, 0.15) is 0 Å². The van der Waals surface area contributed by atoms with Crippen molar-refractivity contribution in [1.82, 2.24) is 4.90 Å². The van der Waals surface area contributed by atoms with Gasteiger partial charge >= 0.3 is 5.97 Å². The van der Waals surface area contributed by atoms with Gasteiger partial charge in [0.15, 0.2) is 6.61 Å². The summed E-state index contributed by atoms with van der Waals surface area (Å²) in [5.41, 5.74) is 2.50. The number of nitrogens with zero attached hydrogens (tertiary/aromatic N) is 1. The lowest BCUT2D eigenvalue weighted by Gasteiger charge is -2.17. The minimum absolute atomic E-state index is 0.167. The van der Waals surface area contributed by atoms with Crippen LogP contribution in [0, 0.1) is 0 Å². The van der Waals surface area contributed by atoms with E-state index in [1.165, 1.54) is 31.0 Å². The first-order chi connectivity index (χ1) is 14.3. The fraction of sp³-hybridized carbons (Fsp3) is 0.273. The molecule has 0 fully saturated rings. The van der Waals surface area contributed by atoms with E-state index in [1.54, 1.807) is 18.2 Å². The van der Waals surface area contributed by atoms with Gasteiger partial charge in [-0.1, -0.05) is 25.1 Å². The van der Waals surface area contributed by atoms with Crippen LogP contribution < -0.4 is 10.6 Å². The number of nitrogens with one attached hydrogen (secondary N) is 2. The molecule has 0 radical (unpaired) electrons. The van der Waals surface area contributed by atoms with E-state index < -0.39 is 18.5 Å². The summed E-state index contributed by atoms with van der Waals surface area (Å²) in [6.45, 7) is 2.72. The van der Waals surface area contributed by atoms with E-state index >= 15 is 0 Å². The molecule has 0 aliphatic carbocycles. The molecule has 0 atom stereocenters. The van der Waals surface area contributed by atoms with Crippen molar-refractivity contribution in [3.8, 4) is 0 Å². The van der Waals surface area contributed by atoms with E-state index in [2.05, 4.69) is 10.6 Å². The summed E-state index contributed by atoms with van der Waals surface area (Å²) >= 11 is 0. The number of aryl methyl sites for hydroxylation is 1. The Labute approximate surface area is 175 Å². The molecule has 0 saturated carbocycles. The zero-order chi connectivity index (χ0) is 22.1. The fourth-order valence-corrected chi connectivity index (χ4v) is 2.66. The number of likely N-dealkylation sites (N-methyl/N-ethyl adjacent to an activating group) is 1. The van der Waals surface area contributed by atoms with Crippen LogP contribution in [0.2, 0.25) is 0 Å². The van der Waals surface area contributed by atoms with Crippen LogP contribution in [0.25, 0.3) is 0 Å². The molecule has 158 valence electrons. The quantitative estimate of drug-likeness (QED) is 0.650. The Hall–Kier alpha value is -3.68. The lowest BCUT2D eigenvalue weighted by molar-refractivity contribution is -0.136. The van der Waals surface area contributed by atoms with Gasteiger partial charge in [0.25, 0.3) is 5.91 Å². The second-order valence-corrected chi connectivity index (χ2v) is 6.64.